The molecule has 1 saturated heterocycles. The number of amides is 1. The van der Waals surface area contributed by atoms with E-state index in [-0.39, 0.29) is 48.0 Å². The van der Waals surface area contributed by atoms with Gasteiger partial charge < -0.3 is 34.4 Å². The Hall–Kier alpha value is -4.12. The van der Waals surface area contributed by atoms with Crippen molar-refractivity contribution in [3.8, 4) is 11.5 Å². The van der Waals surface area contributed by atoms with Gasteiger partial charge in [-0.3, -0.25) is 19.8 Å². The predicted molar refractivity (Wildman–Crippen MR) is 177 cm³/mol. The van der Waals surface area contributed by atoms with Crippen molar-refractivity contribution in [2.45, 2.75) is 78.4 Å². The Morgan fingerprint density at radius 2 is 1.76 bits per heavy atom. The van der Waals surface area contributed by atoms with E-state index in [0.717, 1.165) is 16.8 Å². The molecule has 11 heteroatoms. The number of carbonyl (C=O) groups excluding carboxylic acids is 3. The van der Waals surface area contributed by atoms with Gasteiger partial charge in [0.25, 0.3) is 5.91 Å². The number of benzene rings is 2. The topological polar surface area (TPSA) is 141 Å². The SMILES string of the molecule is CCOC(=O)CCCOc1c(N2CCC(O)CC2)cc(C(=O)CN2Cc3cc(OCC)c(C(=O)NC)cc3C2=N)cc1C(C)(C)C. The first-order valence-corrected chi connectivity index (χ1v) is 16.2. The Balaban J connectivity index is 1.64. The van der Waals surface area contributed by atoms with E-state index in [2.05, 4.69) is 31.0 Å². The molecule has 0 bridgehead atoms. The van der Waals surface area contributed by atoms with Gasteiger partial charge in [0.2, 0.25) is 0 Å². The number of aliphatic hydroxyl groups excluding tert-OH is 1. The van der Waals surface area contributed by atoms with E-state index in [1.165, 1.54) is 0 Å². The summed E-state index contributed by atoms with van der Waals surface area (Å²) in [4.78, 5) is 42.3. The van der Waals surface area contributed by atoms with Gasteiger partial charge in [0.1, 0.15) is 17.3 Å². The summed E-state index contributed by atoms with van der Waals surface area (Å²) in [5, 5.41) is 21.7. The van der Waals surface area contributed by atoms with Crippen LogP contribution in [0.1, 0.15) is 97.7 Å². The van der Waals surface area contributed by atoms with Crippen LogP contribution in [0.15, 0.2) is 24.3 Å². The maximum atomic E-state index is 14.0. The van der Waals surface area contributed by atoms with E-state index in [1.54, 1.807) is 31.0 Å². The minimum atomic E-state index is -0.376. The van der Waals surface area contributed by atoms with Crippen LogP contribution in [0.25, 0.3) is 0 Å². The average Bonchev–Trinajstić information content (AvgIpc) is 3.31. The van der Waals surface area contributed by atoms with Gasteiger partial charge in [-0.05, 0) is 68.4 Å². The zero-order chi connectivity index (χ0) is 33.6. The highest BCUT2D eigenvalue weighted by Gasteiger charge is 2.32. The second-order valence-electron chi connectivity index (χ2n) is 12.7. The lowest BCUT2D eigenvalue weighted by molar-refractivity contribution is -0.143. The Labute approximate surface area is 271 Å². The number of fused-ring (bicyclic) bond motifs is 1. The number of nitrogens with zero attached hydrogens (tertiary/aromatic N) is 2. The highest BCUT2D eigenvalue weighted by Crippen LogP contribution is 2.42. The molecular weight excluding hydrogens is 588 g/mol. The number of hydrogen-bond donors (Lipinski definition) is 3. The Morgan fingerprint density at radius 1 is 1.04 bits per heavy atom. The van der Waals surface area contributed by atoms with Gasteiger partial charge in [0.05, 0.1) is 43.7 Å². The third-order valence-corrected chi connectivity index (χ3v) is 8.33. The van der Waals surface area contributed by atoms with Crippen molar-refractivity contribution in [1.29, 1.82) is 5.41 Å². The van der Waals surface area contributed by atoms with Gasteiger partial charge in [-0.1, -0.05) is 20.8 Å². The monoisotopic (exact) mass is 636 g/mol. The number of Topliss-reactive ketones (excluding diaryl/α,β-unsaturated/α-hetero) is 1. The van der Waals surface area contributed by atoms with E-state index in [9.17, 15) is 19.5 Å². The Kier molecular flexibility index (Phi) is 11.3. The summed E-state index contributed by atoms with van der Waals surface area (Å²) in [6, 6.07) is 7.20. The molecule has 2 heterocycles. The van der Waals surface area contributed by atoms with Crippen LogP contribution in [0.4, 0.5) is 5.69 Å². The van der Waals surface area contributed by atoms with Crippen molar-refractivity contribution >= 4 is 29.2 Å². The summed E-state index contributed by atoms with van der Waals surface area (Å²) in [5.41, 5.74) is 3.56. The molecule has 0 saturated carbocycles. The van der Waals surface area contributed by atoms with Gasteiger partial charge in [-0.25, -0.2) is 0 Å². The van der Waals surface area contributed by atoms with Crippen molar-refractivity contribution in [3.63, 3.8) is 0 Å². The van der Waals surface area contributed by atoms with E-state index in [4.69, 9.17) is 19.6 Å². The molecule has 1 fully saturated rings. The number of rotatable bonds is 13. The number of anilines is 1. The van der Waals surface area contributed by atoms with Crippen LogP contribution in [0.3, 0.4) is 0 Å². The third-order valence-electron chi connectivity index (χ3n) is 8.33. The van der Waals surface area contributed by atoms with Crippen LogP contribution < -0.4 is 19.7 Å². The number of esters is 1. The lowest BCUT2D eigenvalue weighted by Crippen LogP contribution is -2.36. The zero-order valence-corrected chi connectivity index (χ0v) is 28.0. The highest BCUT2D eigenvalue weighted by atomic mass is 16.5. The fourth-order valence-corrected chi connectivity index (χ4v) is 5.86. The lowest BCUT2D eigenvalue weighted by Gasteiger charge is -2.35. The van der Waals surface area contributed by atoms with Gasteiger partial charge in [0, 0.05) is 49.8 Å². The molecule has 11 nitrogen and oxygen atoms in total. The van der Waals surface area contributed by atoms with Gasteiger partial charge in [0.15, 0.2) is 5.78 Å². The minimum Gasteiger partial charge on any atom is -0.493 e. The minimum absolute atomic E-state index is 0.0196. The maximum Gasteiger partial charge on any atom is 0.305 e. The van der Waals surface area contributed by atoms with Crippen LogP contribution in [-0.4, -0.2) is 86.1 Å². The molecule has 0 unspecified atom stereocenters. The first kappa shape index (κ1) is 34.7. The second kappa shape index (κ2) is 15.0. The standard InChI is InChI=1S/C35H48N4O7/c1-7-44-30-18-23-20-39(33(36)25(23)19-26(30)34(43)37-6)21-29(41)22-16-27(35(3,4)5)32(46-15-9-10-31(42)45-8-2)28(17-22)38-13-11-24(40)12-14-38/h16-19,24,36,40H,7-15,20-21H2,1-6H3,(H,37,43). The summed E-state index contributed by atoms with van der Waals surface area (Å²) in [7, 11) is 1.55. The normalized spacial score (nSPS) is 15.1. The molecule has 0 spiro atoms. The summed E-state index contributed by atoms with van der Waals surface area (Å²) < 4.78 is 17.2. The number of ketones is 1. The molecule has 2 aromatic carbocycles. The number of aliphatic hydroxyl groups is 1. The van der Waals surface area contributed by atoms with Crippen molar-refractivity contribution in [2.75, 3.05) is 51.4 Å². The third kappa shape index (κ3) is 7.99. The number of amidine groups is 1. The molecule has 1 amide bonds. The number of ether oxygens (including phenoxy) is 3. The van der Waals surface area contributed by atoms with Crippen molar-refractivity contribution in [2.24, 2.45) is 0 Å². The highest BCUT2D eigenvalue weighted by molar-refractivity contribution is 6.08. The smallest absolute Gasteiger partial charge is 0.305 e. The molecule has 2 aliphatic heterocycles. The average molecular weight is 637 g/mol. The largest absolute Gasteiger partial charge is 0.493 e. The number of piperidine rings is 1. The predicted octanol–water partition coefficient (Wildman–Crippen LogP) is 4.45. The van der Waals surface area contributed by atoms with Crippen LogP contribution >= 0.6 is 0 Å². The molecule has 0 aliphatic carbocycles. The number of carbonyl (C=O) groups is 3. The summed E-state index contributed by atoms with van der Waals surface area (Å²) in [6.07, 6.45) is 1.59. The molecular formula is C35H48N4O7. The fraction of sp³-hybridized carbons (Fsp3) is 0.543. The van der Waals surface area contributed by atoms with Crippen LogP contribution in [0.5, 0.6) is 11.5 Å². The van der Waals surface area contributed by atoms with E-state index in [0.29, 0.717) is 86.9 Å². The van der Waals surface area contributed by atoms with E-state index < -0.39 is 0 Å². The molecule has 4 rings (SSSR count). The van der Waals surface area contributed by atoms with Crippen molar-refractivity contribution in [1.82, 2.24) is 10.2 Å². The van der Waals surface area contributed by atoms with Crippen LogP contribution in [0, 0.1) is 5.41 Å². The molecule has 0 radical (unpaired) electrons. The first-order valence-electron chi connectivity index (χ1n) is 16.2. The Morgan fingerprint density at radius 3 is 2.39 bits per heavy atom. The summed E-state index contributed by atoms with van der Waals surface area (Å²) in [6.45, 7) is 12.4. The summed E-state index contributed by atoms with van der Waals surface area (Å²) >= 11 is 0. The fourth-order valence-electron chi connectivity index (χ4n) is 5.86. The van der Waals surface area contributed by atoms with Crippen molar-refractivity contribution < 1.29 is 33.7 Å². The lowest BCUT2D eigenvalue weighted by atomic mass is 9.84. The molecule has 2 aliphatic rings. The Bertz CT molecular complexity index is 1460. The molecule has 0 aromatic heterocycles. The number of hydrogen-bond acceptors (Lipinski definition) is 9. The zero-order valence-electron chi connectivity index (χ0n) is 28.0. The van der Waals surface area contributed by atoms with Crippen LogP contribution in [0.2, 0.25) is 0 Å². The van der Waals surface area contributed by atoms with E-state index in [1.807, 2.05) is 19.1 Å². The van der Waals surface area contributed by atoms with Gasteiger partial charge in [-0.2, -0.15) is 0 Å². The van der Waals surface area contributed by atoms with E-state index >= 15 is 0 Å². The summed E-state index contributed by atoms with van der Waals surface area (Å²) in [5.74, 6) is 0.596. The molecule has 0 atom stereocenters. The maximum absolute atomic E-state index is 14.0. The van der Waals surface area contributed by atoms with Gasteiger partial charge in [-0.15, -0.1) is 0 Å². The van der Waals surface area contributed by atoms with Gasteiger partial charge >= 0.3 is 5.97 Å². The van der Waals surface area contributed by atoms with Crippen LogP contribution in [-0.2, 0) is 21.5 Å². The second-order valence-corrected chi connectivity index (χ2v) is 12.7. The number of nitrogens with one attached hydrogen (secondary N) is 2. The molecule has 2 aromatic rings. The van der Waals surface area contributed by atoms with Crippen molar-refractivity contribution in [3.05, 3.63) is 52.1 Å². The quantitative estimate of drug-likeness (QED) is 0.165. The first-order chi connectivity index (χ1) is 21.9. The molecule has 3 N–H and O–H groups in total. The molecule has 250 valence electrons. The molecule has 46 heavy (non-hydrogen) atoms.